The zero-order valence-corrected chi connectivity index (χ0v) is 23.9. The lowest BCUT2D eigenvalue weighted by Crippen LogP contribution is -2.63. The number of ether oxygens (including phenoxy) is 1. The number of benzene rings is 2. The van der Waals surface area contributed by atoms with Crippen molar-refractivity contribution < 1.29 is 9.53 Å². The van der Waals surface area contributed by atoms with E-state index in [2.05, 4.69) is 78.5 Å². The fourth-order valence-corrected chi connectivity index (χ4v) is 7.25. The highest BCUT2D eigenvalue weighted by Gasteiger charge is 2.35. The number of para-hydroxylation sites is 1. The van der Waals surface area contributed by atoms with Crippen LogP contribution in [0.15, 0.2) is 42.5 Å². The SMILES string of the molecule is CSN1NC(C)(C)NC(C)[C@@H]2COc3ccccc3-c3c(C4CCCC4)c4ccc(cc4n3C2)N(C)C1=O. The molecule has 2 aliphatic heterocycles. The number of carbonyl (C=O) groups is 1. The summed E-state index contributed by atoms with van der Waals surface area (Å²) in [5.41, 5.74) is 8.91. The second kappa shape index (κ2) is 9.81. The first-order valence-electron chi connectivity index (χ1n) is 13.8. The average molecular weight is 534 g/mol. The summed E-state index contributed by atoms with van der Waals surface area (Å²) >= 11 is 1.38. The van der Waals surface area contributed by atoms with Crippen LogP contribution in [0.25, 0.3) is 22.2 Å². The summed E-state index contributed by atoms with van der Waals surface area (Å²) in [7, 11) is 1.86. The summed E-state index contributed by atoms with van der Waals surface area (Å²) in [5.74, 6) is 1.71. The predicted octanol–water partition coefficient (Wildman–Crippen LogP) is 6.34. The number of hydrazine groups is 1. The fourth-order valence-electron chi connectivity index (χ4n) is 6.65. The molecule has 3 aromatic rings. The van der Waals surface area contributed by atoms with E-state index in [1.54, 1.807) is 9.31 Å². The van der Waals surface area contributed by atoms with Gasteiger partial charge >= 0.3 is 6.03 Å². The van der Waals surface area contributed by atoms with Crippen molar-refractivity contribution in [1.29, 1.82) is 0 Å². The van der Waals surface area contributed by atoms with Gasteiger partial charge in [0.25, 0.3) is 0 Å². The lowest BCUT2D eigenvalue weighted by molar-refractivity contribution is 0.137. The largest absolute Gasteiger partial charge is 0.492 e. The van der Waals surface area contributed by atoms with E-state index in [1.807, 2.05) is 13.3 Å². The minimum absolute atomic E-state index is 0.109. The van der Waals surface area contributed by atoms with E-state index in [0.29, 0.717) is 12.5 Å². The third-order valence-corrected chi connectivity index (χ3v) is 9.18. The molecule has 8 heteroatoms. The molecule has 1 aliphatic carbocycles. The van der Waals surface area contributed by atoms with Gasteiger partial charge in [-0.15, -0.1) is 0 Å². The molecule has 2 atom stereocenters. The highest BCUT2D eigenvalue weighted by atomic mass is 32.2. The van der Waals surface area contributed by atoms with Gasteiger partial charge in [-0.3, -0.25) is 10.2 Å². The number of anilines is 1. The van der Waals surface area contributed by atoms with Gasteiger partial charge in [0.1, 0.15) is 5.75 Å². The molecular formula is C30H39N5O2S. The molecule has 1 aromatic heterocycles. The van der Waals surface area contributed by atoms with Crippen LogP contribution in [0.2, 0.25) is 0 Å². The zero-order valence-electron chi connectivity index (χ0n) is 23.1. The summed E-state index contributed by atoms with van der Waals surface area (Å²) in [6.07, 6.45) is 6.92. The summed E-state index contributed by atoms with van der Waals surface area (Å²) < 4.78 is 10.7. The molecule has 2 N–H and O–H groups in total. The van der Waals surface area contributed by atoms with E-state index in [0.717, 1.165) is 18.0 Å². The Morgan fingerprint density at radius 3 is 2.63 bits per heavy atom. The highest BCUT2D eigenvalue weighted by Crippen LogP contribution is 2.48. The molecule has 0 spiro atoms. The maximum absolute atomic E-state index is 13.6. The second-order valence-corrected chi connectivity index (χ2v) is 12.3. The molecule has 2 amide bonds. The van der Waals surface area contributed by atoms with E-state index < -0.39 is 5.66 Å². The van der Waals surface area contributed by atoms with Crippen LogP contribution in [0.4, 0.5) is 10.5 Å². The number of hydrogen-bond acceptors (Lipinski definition) is 5. The molecule has 4 bridgehead atoms. The Kier molecular flexibility index (Phi) is 6.61. The summed E-state index contributed by atoms with van der Waals surface area (Å²) in [6.45, 7) is 7.84. The van der Waals surface area contributed by atoms with Crippen LogP contribution >= 0.6 is 11.9 Å². The van der Waals surface area contributed by atoms with Gasteiger partial charge < -0.3 is 9.30 Å². The second-order valence-electron chi connectivity index (χ2n) is 11.6. The minimum Gasteiger partial charge on any atom is -0.492 e. The minimum atomic E-state index is -0.518. The zero-order chi connectivity index (χ0) is 26.6. The van der Waals surface area contributed by atoms with Crippen LogP contribution in [0.3, 0.4) is 0 Å². The molecule has 0 radical (unpaired) electrons. The van der Waals surface area contributed by atoms with Crippen molar-refractivity contribution in [2.45, 2.75) is 70.6 Å². The van der Waals surface area contributed by atoms with Crippen LogP contribution in [0.1, 0.15) is 57.9 Å². The van der Waals surface area contributed by atoms with Gasteiger partial charge in [0.05, 0.1) is 23.5 Å². The number of amides is 2. The van der Waals surface area contributed by atoms with E-state index >= 15 is 0 Å². The Morgan fingerprint density at radius 1 is 1.11 bits per heavy atom. The molecule has 3 heterocycles. The maximum atomic E-state index is 13.6. The van der Waals surface area contributed by atoms with Crippen LogP contribution in [0, 0.1) is 5.92 Å². The first-order chi connectivity index (χ1) is 18.3. The number of nitrogens with one attached hydrogen (secondary N) is 2. The Labute approximate surface area is 230 Å². The number of rotatable bonds is 2. The number of urea groups is 1. The van der Waals surface area contributed by atoms with E-state index in [1.165, 1.54) is 65.4 Å². The lowest BCUT2D eigenvalue weighted by atomic mass is 9.91. The number of aromatic nitrogens is 1. The number of carbonyl (C=O) groups excluding carboxylic acids is 1. The molecule has 1 saturated carbocycles. The molecule has 1 fully saturated rings. The molecular weight excluding hydrogens is 494 g/mol. The third kappa shape index (κ3) is 4.36. The molecule has 7 nitrogen and oxygen atoms in total. The van der Waals surface area contributed by atoms with Crippen molar-refractivity contribution in [3.63, 3.8) is 0 Å². The smallest absolute Gasteiger partial charge is 0.349 e. The van der Waals surface area contributed by atoms with Gasteiger partial charge in [-0.05, 0) is 81.3 Å². The van der Waals surface area contributed by atoms with Crippen molar-refractivity contribution in [3.05, 3.63) is 48.0 Å². The van der Waals surface area contributed by atoms with Crippen molar-refractivity contribution >= 4 is 34.6 Å². The molecule has 38 heavy (non-hydrogen) atoms. The van der Waals surface area contributed by atoms with Crippen molar-refractivity contribution in [3.8, 4) is 17.0 Å². The first-order valence-corrected chi connectivity index (χ1v) is 15.0. The normalized spacial score (nSPS) is 24.0. The van der Waals surface area contributed by atoms with Crippen molar-refractivity contribution in [2.24, 2.45) is 5.92 Å². The Hall–Kier alpha value is -2.68. The standard InChI is InChI=1S/C30H39N5O2S/c1-19-21-17-34-25-16-22(33(4)29(36)35(38-5)32-30(2,3)31-19)14-15-23(25)27(20-10-6-7-11-20)28(34)24-12-8-9-13-26(24)37-18-21/h8-9,12-16,19-21,31-32H,6-7,10-11,17-18H2,1-5H3/t19?,21-/m0/s1. The van der Waals surface area contributed by atoms with Gasteiger partial charge in [0.15, 0.2) is 0 Å². The molecule has 1 unspecified atom stereocenters. The van der Waals surface area contributed by atoms with Gasteiger partial charge in [-0.25, -0.2) is 10.2 Å². The molecule has 0 saturated heterocycles. The van der Waals surface area contributed by atoms with Crippen LogP contribution in [0.5, 0.6) is 5.75 Å². The monoisotopic (exact) mass is 533 g/mol. The van der Waals surface area contributed by atoms with Gasteiger partial charge in [0.2, 0.25) is 0 Å². The maximum Gasteiger partial charge on any atom is 0.349 e. The lowest BCUT2D eigenvalue weighted by Gasteiger charge is -2.39. The molecule has 2 aromatic carbocycles. The van der Waals surface area contributed by atoms with Crippen molar-refractivity contribution in [1.82, 2.24) is 19.7 Å². The first kappa shape index (κ1) is 25.6. The van der Waals surface area contributed by atoms with Crippen LogP contribution < -0.4 is 20.4 Å². The summed E-state index contributed by atoms with van der Waals surface area (Å²) in [5, 5.41) is 5.08. The molecule has 3 aliphatic rings. The Bertz CT molecular complexity index is 1360. The Balaban J connectivity index is 1.63. The van der Waals surface area contributed by atoms with Crippen molar-refractivity contribution in [2.75, 3.05) is 24.8 Å². The van der Waals surface area contributed by atoms with Gasteiger partial charge in [-0.2, -0.15) is 4.41 Å². The van der Waals surface area contributed by atoms with Crippen LogP contribution in [-0.2, 0) is 6.54 Å². The van der Waals surface area contributed by atoms with Gasteiger partial charge in [0, 0.05) is 48.4 Å². The third-order valence-electron chi connectivity index (χ3n) is 8.57. The van der Waals surface area contributed by atoms with E-state index in [-0.39, 0.29) is 18.0 Å². The predicted molar refractivity (Wildman–Crippen MR) is 157 cm³/mol. The fraction of sp³-hybridized carbons (Fsp3) is 0.500. The highest BCUT2D eigenvalue weighted by molar-refractivity contribution is 7.96. The average Bonchev–Trinajstić information content (AvgIpc) is 3.52. The molecule has 6 rings (SSSR count). The number of hydrogen-bond donors (Lipinski definition) is 2. The quantitative estimate of drug-likeness (QED) is 0.376. The molecule has 202 valence electrons. The summed E-state index contributed by atoms with van der Waals surface area (Å²) in [6, 6.07) is 15.1. The topological polar surface area (TPSA) is 61.8 Å². The Morgan fingerprint density at radius 2 is 1.87 bits per heavy atom. The van der Waals surface area contributed by atoms with E-state index in [9.17, 15) is 4.79 Å². The summed E-state index contributed by atoms with van der Waals surface area (Å²) in [4.78, 5) is 15.4. The number of nitrogens with zero attached hydrogens (tertiary/aromatic N) is 3. The van der Waals surface area contributed by atoms with Gasteiger partial charge in [-0.1, -0.05) is 31.0 Å². The van der Waals surface area contributed by atoms with Crippen LogP contribution in [-0.4, -0.2) is 46.6 Å². The van der Waals surface area contributed by atoms with E-state index in [4.69, 9.17) is 4.74 Å². The number of fused-ring (bicyclic) bond motifs is 4.